The summed E-state index contributed by atoms with van der Waals surface area (Å²) in [5, 5.41) is 9.71. The molecule has 0 bridgehead atoms. The quantitative estimate of drug-likeness (QED) is 0.729. The summed E-state index contributed by atoms with van der Waals surface area (Å²) in [6.45, 7) is 1.92. The average molecular weight is 326 g/mol. The Morgan fingerprint density at radius 2 is 2.00 bits per heavy atom. The standard InChI is InChI=1S/C17H18N4OS/c1-2-6-14-13(5-1)18-16(23-14)12-4-3-9-21(10-12)17-20-19-15(22-17)11-7-8-11/h1-2,5-6,11-12H,3-4,7-10H2. The number of thiazole rings is 1. The number of hydrogen-bond acceptors (Lipinski definition) is 6. The SMILES string of the molecule is c1ccc2sc(C3CCCN(c4nnc(C5CC5)o4)C3)nc2c1. The smallest absolute Gasteiger partial charge is 0.318 e. The lowest BCUT2D eigenvalue weighted by atomic mass is 9.99. The van der Waals surface area contributed by atoms with Gasteiger partial charge in [0.05, 0.1) is 15.2 Å². The highest BCUT2D eigenvalue weighted by atomic mass is 32.1. The summed E-state index contributed by atoms with van der Waals surface area (Å²) in [7, 11) is 0. The van der Waals surface area contributed by atoms with Crippen molar-refractivity contribution in [3.05, 3.63) is 35.2 Å². The molecule has 1 unspecified atom stereocenters. The van der Waals surface area contributed by atoms with Crippen molar-refractivity contribution >= 4 is 27.6 Å². The van der Waals surface area contributed by atoms with E-state index in [1.54, 1.807) is 0 Å². The van der Waals surface area contributed by atoms with E-state index in [9.17, 15) is 0 Å². The van der Waals surface area contributed by atoms with Crippen molar-refractivity contribution in [1.29, 1.82) is 0 Å². The van der Waals surface area contributed by atoms with Crippen LogP contribution in [0.5, 0.6) is 0 Å². The van der Waals surface area contributed by atoms with E-state index < -0.39 is 0 Å². The predicted octanol–water partition coefficient (Wildman–Crippen LogP) is 3.94. The first-order chi connectivity index (χ1) is 11.4. The summed E-state index contributed by atoms with van der Waals surface area (Å²) < 4.78 is 7.15. The Morgan fingerprint density at radius 3 is 2.87 bits per heavy atom. The summed E-state index contributed by atoms with van der Waals surface area (Å²) in [4.78, 5) is 7.07. The number of benzene rings is 1. The van der Waals surface area contributed by atoms with Gasteiger partial charge in [0.1, 0.15) is 0 Å². The summed E-state index contributed by atoms with van der Waals surface area (Å²) in [5.74, 6) is 1.79. The van der Waals surface area contributed by atoms with Crippen LogP contribution in [-0.4, -0.2) is 28.3 Å². The summed E-state index contributed by atoms with van der Waals surface area (Å²) in [5.41, 5.74) is 1.11. The second kappa shape index (κ2) is 5.30. The van der Waals surface area contributed by atoms with Crippen LogP contribution in [0.3, 0.4) is 0 Å². The first-order valence-electron chi connectivity index (χ1n) is 8.30. The molecule has 1 atom stereocenters. The van der Waals surface area contributed by atoms with E-state index in [4.69, 9.17) is 9.40 Å². The predicted molar refractivity (Wildman–Crippen MR) is 90.1 cm³/mol. The maximum absolute atomic E-state index is 5.88. The lowest BCUT2D eigenvalue weighted by Crippen LogP contribution is -2.34. The van der Waals surface area contributed by atoms with Gasteiger partial charge in [0.15, 0.2) is 0 Å². The Bertz CT molecular complexity index is 805. The second-order valence-electron chi connectivity index (χ2n) is 6.50. The maximum atomic E-state index is 5.88. The molecule has 23 heavy (non-hydrogen) atoms. The van der Waals surface area contributed by atoms with Gasteiger partial charge in [-0.25, -0.2) is 4.98 Å². The number of hydrogen-bond donors (Lipinski definition) is 0. The third-order valence-corrected chi connectivity index (χ3v) is 5.91. The topological polar surface area (TPSA) is 55.1 Å². The van der Waals surface area contributed by atoms with E-state index in [0.29, 0.717) is 17.9 Å². The molecule has 2 aliphatic rings. The van der Waals surface area contributed by atoms with E-state index in [0.717, 1.165) is 30.9 Å². The average Bonchev–Trinajstić information content (AvgIpc) is 3.17. The molecule has 5 rings (SSSR count). The van der Waals surface area contributed by atoms with Crippen LogP contribution in [0.25, 0.3) is 10.2 Å². The van der Waals surface area contributed by atoms with Crippen molar-refractivity contribution in [3.8, 4) is 0 Å². The van der Waals surface area contributed by atoms with E-state index in [-0.39, 0.29) is 0 Å². The van der Waals surface area contributed by atoms with Gasteiger partial charge in [-0.15, -0.1) is 16.4 Å². The Morgan fingerprint density at radius 1 is 1.09 bits per heavy atom. The Kier molecular flexibility index (Phi) is 3.11. The first-order valence-corrected chi connectivity index (χ1v) is 9.12. The largest absolute Gasteiger partial charge is 0.408 e. The number of anilines is 1. The highest BCUT2D eigenvalue weighted by Crippen LogP contribution is 2.40. The molecule has 1 aliphatic carbocycles. The van der Waals surface area contributed by atoms with Crippen molar-refractivity contribution in [2.75, 3.05) is 18.0 Å². The van der Waals surface area contributed by atoms with Crippen molar-refractivity contribution in [3.63, 3.8) is 0 Å². The molecule has 0 N–H and O–H groups in total. The highest BCUT2D eigenvalue weighted by Gasteiger charge is 2.32. The van der Waals surface area contributed by atoms with Crippen LogP contribution in [0.2, 0.25) is 0 Å². The third-order valence-electron chi connectivity index (χ3n) is 4.71. The molecular formula is C17H18N4OS. The fourth-order valence-corrected chi connectivity index (χ4v) is 4.36. The van der Waals surface area contributed by atoms with Crippen LogP contribution in [0.1, 0.15) is 48.4 Å². The molecule has 3 heterocycles. The van der Waals surface area contributed by atoms with E-state index in [1.807, 2.05) is 11.3 Å². The van der Waals surface area contributed by atoms with Gasteiger partial charge in [0.25, 0.3) is 0 Å². The fourth-order valence-electron chi connectivity index (χ4n) is 3.27. The van der Waals surface area contributed by atoms with Gasteiger partial charge >= 0.3 is 6.01 Å². The van der Waals surface area contributed by atoms with Gasteiger partial charge in [0.2, 0.25) is 5.89 Å². The van der Waals surface area contributed by atoms with Crippen molar-refractivity contribution in [1.82, 2.24) is 15.2 Å². The Balaban J connectivity index is 1.38. The minimum Gasteiger partial charge on any atom is -0.408 e. The van der Waals surface area contributed by atoms with Crippen LogP contribution in [0, 0.1) is 0 Å². The zero-order chi connectivity index (χ0) is 15.2. The zero-order valence-corrected chi connectivity index (χ0v) is 13.6. The molecule has 1 saturated heterocycles. The highest BCUT2D eigenvalue weighted by molar-refractivity contribution is 7.18. The van der Waals surface area contributed by atoms with Crippen molar-refractivity contribution in [2.45, 2.75) is 37.5 Å². The zero-order valence-electron chi connectivity index (χ0n) is 12.8. The van der Waals surface area contributed by atoms with Gasteiger partial charge in [-0.05, 0) is 37.8 Å². The van der Waals surface area contributed by atoms with Gasteiger partial charge in [-0.2, -0.15) is 0 Å². The van der Waals surface area contributed by atoms with Crippen molar-refractivity contribution < 1.29 is 4.42 Å². The normalized spacial score (nSPS) is 21.9. The third kappa shape index (κ3) is 2.51. The van der Waals surface area contributed by atoms with Gasteiger partial charge in [-0.1, -0.05) is 17.2 Å². The van der Waals surface area contributed by atoms with E-state index in [1.165, 1.54) is 29.0 Å². The van der Waals surface area contributed by atoms with Crippen LogP contribution in [0.15, 0.2) is 28.7 Å². The molecule has 1 saturated carbocycles. The molecule has 3 aromatic rings. The van der Waals surface area contributed by atoms with Crippen LogP contribution in [0.4, 0.5) is 6.01 Å². The molecule has 118 valence electrons. The van der Waals surface area contributed by atoms with Crippen LogP contribution >= 0.6 is 11.3 Å². The molecule has 1 aliphatic heterocycles. The van der Waals surface area contributed by atoms with Gasteiger partial charge in [0, 0.05) is 24.9 Å². The van der Waals surface area contributed by atoms with Gasteiger partial charge in [-0.3, -0.25) is 0 Å². The molecule has 0 radical (unpaired) electrons. The molecule has 0 spiro atoms. The lowest BCUT2D eigenvalue weighted by Gasteiger charge is -2.30. The minimum absolute atomic E-state index is 0.456. The van der Waals surface area contributed by atoms with Crippen molar-refractivity contribution in [2.24, 2.45) is 0 Å². The monoisotopic (exact) mass is 326 g/mol. The summed E-state index contributed by atoms with van der Waals surface area (Å²) in [6, 6.07) is 9.07. The Labute approximate surface area is 138 Å². The summed E-state index contributed by atoms with van der Waals surface area (Å²) >= 11 is 1.82. The van der Waals surface area contributed by atoms with Crippen LogP contribution < -0.4 is 4.90 Å². The van der Waals surface area contributed by atoms with Crippen LogP contribution in [-0.2, 0) is 0 Å². The van der Waals surface area contributed by atoms with E-state index >= 15 is 0 Å². The molecule has 6 heteroatoms. The minimum atomic E-state index is 0.456. The number of piperidine rings is 1. The molecule has 2 aromatic heterocycles. The number of nitrogens with zero attached hydrogens (tertiary/aromatic N) is 4. The molecule has 5 nitrogen and oxygen atoms in total. The second-order valence-corrected chi connectivity index (χ2v) is 7.56. The summed E-state index contributed by atoms with van der Waals surface area (Å²) in [6.07, 6.45) is 4.70. The molecular weight excluding hydrogens is 308 g/mol. The van der Waals surface area contributed by atoms with E-state index in [2.05, 4.69) is 39.4 Å². The molecule has 1 aromatic carbocycles. The molecule has 2 fully saturated rings. The molecule has 0 amide bonds. The first kappa shape index (κ1) is 13.5. The number of rotatable bonds is 3. The number of para-hydroxylation sites is 1. The van der Waals surface area contributed by atoms with Gasteiger partial charge < -0.3 is 9.32 Å². The Hall–Kier alpha value is -1.95. The number of aromatic nitrogens is 3. The maximum Gasteiger partial charge on any atom is 0.318 e. The lowest BCUT2D eigenvalue weighted by molar-refractivity contribution is 0.441. The number of fused-ring (bicyclic) bond motifs is 1. The fraction of sp³-hybridized carbons (Fsp3) is 0.471.